The molecule has 0 aromatic carbocycles. The molecule has 1 aliphatic rings. The average Bonchev–Trinajstić information content (AvgIpc) is 2.81. The second-order valence-electron chi connectivity index (χ2n) is 2.85. The third kappa shape index (κ3) is 3.51. The van der Waals surface area contributed by atoms with Crippen molar-refractivity contribution in [2.24, 2.45) is 0 Å². The molecule has 1 heterocycles. The predicted molar refractivity (Wildman–Crippen MR) is 69.5 cm³/mol. The molecule has 18 heavy (non-hydrogen) atoms. The molecule has 0 fully saturated rings. The number of esters is 2. The maximum absolute atomic E-state index is 11.5. The van der Waals surface area contributed by atoms with Crippen molar-refractivity contribution in [3.05, 3.63) is 32.3 Å². The molecule has 0 unspecified atom stereocenters. The third-order valence-electron chi connectivity index (χ3n) is 1.78. The fraction of sp³-hybridized carbons (Fsp3) is 0.182. The number of carbonyl (C=O) groups is 3. The maximum Gasteiger partial charge on any atom is 0.346 e. The highest BCUT2D eigenvalue weighted by Crippen LogP contribution is 2.49. The first kappa shape index (κ1) is 14.6. The van der Waals surface area contributed by atoms with Crippen molar-refractivity contribution in [1.29, 1.82) is 0 Å². The van der Waals surface area contributed by atoms with E-state index >= 15 is 0 Å². The minimum absolute atomic E-state index is 0.195. The van der Waals surface area contributed by atoms with Crippen LogP contribution in [0, 0.1) is 0 Å². The Labute approximate surface area is 112 Å². The molecule has 0 saturated carbocycles. The van der Waals surface area contributed by atoms with Crippen molar-refractivity contribution in [2.45, 2.75) is 0 Å². The Morgan fingerprint density at radius 1 is 1.00 bits per heavy atom. The maximum atomic E-state index is 11.5. The number of ether oxygens (including phenoxy) is 2. The topological polar surface area (TPSA) is 69.7 Å². The number of carbonyl (C=O) groups excluding carboxylic acids is 3. The standard InChI is InChI=1S/C11H10O5S2/c1-15-10(13)8-9(11(14)16-2)18-7(17-8)5-3-4-6-12/h3-6H,1-2H3/b4-3+. The number of aldehydes is 1. The molecular formula is C11H10O5S2. The van der Waals surface area contributed by atoms with E-state index in [2.05, 4.69) is 9.47 Å². The van der Waals surface area contributed by atoms with Crippen LogP contribution in [0.4, 0.5) is 0 Å². The second-order valence-corrected chi connectivity index (χ2v) is 5.22. The fourth-order valence-electron chi connectivity index (χ4n) is 1.02. The van der Waals surface area contributed by atoms with Crippen molar-refractivity contribution in [3.63, 3.8) is 0 Å². The fourth-order valence-corrected chi connectivity index (χ4v) is 3.31. The van der Waals surface area contributed by atoms with Crippen LogP contribution in [0.3, 0.4) is 0 Å². The Hall–Kier alpha value is -1.47. The molecule has 96 valence electrons. The number of allylic oxidation sites excluding steroid dienone is 3. The van der Waals surface area contributed by atoms with Gasteiger partial charge >= 0.3 is 11.9 Å². The summed E-state index contributed by atoms with van der Waals surface area (Å²) >= 11 is 2.21. The average molecular weight is 286 g/mol. The van der Waals surface area contributed by atoms with Crippen LogP contribution < -0.4 is 0 Å². The van der Waals surface area contributed by atoms with Gasteiger partial charge < -0.3 is 9.47 Å². The van der Waals surface area contributed by atoms with Gasteiger partial charge in [0, 0.05) is 0 Å². The van der Waals surface area contributed by atoms with Gasteiger partial charge in [-0.1, -0.05) is 29.6 Å². The summed E-state index contributed by atoms with van der Waals surface area (Å²) in [5, 5.41) is 0. The van der Waals surface area contributed by atoms with Gasteiger partial charge in [0.2, 0.25) is 0 Å². The van der Waals surface area contributed by atoms with E-state index in [0.717, 1.165) is 23.5 Å². The molecule has 7 heteroatoms. The van der Waals surface area contributed by atoms with E-state index in [9.17, 15) is 14.4 Å². The van der Waals surface area contributed by atoms with Crippen molar-refractivity contribution in [3.8, 4) is 0 Å². The van der Waals surface area contributed by atoms with Gasteiger partial charge in [0.15, 0.2) is 0 Å². The van der Waals surface area contributed by atoms with Crippen molar-refractivity contribution in [1.82, 2.24) is 0 Å². The van der Waals surface area contributed by atoms with Crippen molar-refractivity contribution >= 4 is 41.7 Å². The quantitative estimate of drug-likeness (QED) is 0.442. The SMILES string of the molecule is COC(=O)C1=C(C(=O)OC)SC(=C/C=C/C=O)S1. The van der Waals surface area contributed by atoms with Crippen LogP contribution >= 0.6 is 23.5 Å². The summed E-state index contributed by atoms with van der Waals surface area (Å²) in [4.78, 5) is 33.5. The third-order valence-corrected chi connectivity index (χ3v) is 4.23. The van der Waals surface area contributed by atoms with Gasteiger partial charge in [0.05, 0.1) is 18.5 Å². The Morgan fingerprint density at radius 2 is 1.50 bits per heavy atom. The van der Waals surface area contributed by atoms with Crippen LogP contribution in [-0.4, -0.2) is 32.4 Å². The lowest BCUT2D eigenvalue weighted by Gasteiger charge is -2.00. The Balaban J connectivity index is 2.96. The molecule has 0 N–H and O–H groups in total. The summed E-state index contributed by atoms with van der Waals surface area (Å²) < 4.78 is 9.87. The van der Waals surface area contributed by atoms with E-state index in [1.807, 2.05) is 0 Å². The summed E-state index contributed by atoms with van der Waals surface area (Å²) in [5.74, 6) is -1.17. The molecule has 0 saturated heterocycles. The molecule has 0 aromatic rings. The van der Waals surface area contributed by atoms with Gasteiger partial charge in [0.25, 0.3) is 0 Å². The smallest absolute Gasteiger partial charge is 0.346 e. The molecule has 0 amide bonds. The number of hydrogen-bond donors (Lipinski definition) is 0. The Kier molecular flexibility index (Phi) is 5.73. The highest BCUT2D eigenvalue weighted by atomic mass is 32.2. The minimum Gasteiger partial charge on any atom is -0.465 e. The van der Waals surface area contributed by atoms with E-state index in [-0.39, 0.29) is 9.81 Å². The first-order valence-corrected chi connectivity index (χ1v) is 6.36. The van der Waals surface area contributed by atoms with E-state index in [1.165, 1.54) is 26.4 Å². The molecule has 1 rings (SSSR count). The zero-order chi connectivity index (χ0) is 13.5. The molecule has 1 aliphatic heterocycles. The number of thioether (sulfide) groups is 2. The van der Waals surface area contributed by atoms with E-state index in [1.54, 1.807) is 6.08 Å². The van der Waals surface area contributed by atoms with Gasteiger partial charge in [-0.05, 0) is 12.2 Å². The number of hydrogen-bond acceptors (Lipinski definition) is 7. The zero-order valence-electron chi connectivity index (χ0n) is 9.67. The van der Waals surface area contributed by atoms with Crippen LogP contribution in [0.5, 0.6) is 0 Å². The van der Waals surface area contributed by atoms with Crippen LogP contribution in [0.25, 0.3) is 0 Å². The number of rotatable bonds is 4. The largest absolute Gasteiger partial charge is 0.465 e. The van der Waals surface area contributed by atoms with Crippen LogP contribution in [-0.2, 0) is 23.9 Å². The normalized spacial score (nSPS) is 14.9. The van der Waals surface area contributed by atoms with Crippen LogP contribution in [0.2, 0.25) is 0 Å². The summed E-state index contributed by atoms with van der Waals surface area (Å²) in [7, 11) is 2.48. The molecular weight excluding hydrogens is 276 g/mol. The summed E-state index contributed by atoms with van der Waals surface area (Å²) in [6.45, 7) is 0. The molecule has 0 aliphatic carbocycles. The lowest BCUT2D eigenvalue weighted by atomic mass is 10.5. The van der Waals surface area contributed by atoms with Crippen LogP contribution in [0.1, 0.15) is 0 Å². The monoisotopic (exact) mass is 286 g/mol. The minimum atomic E-state index is -0.587. The van der Waals surface area contributed by atoms with Gasteiger partial charge in [-0.25, -0.2) is 9.59 Å². The molecule has 0 spiro atoms. The Bertz CT molecular complexity index is 432. The van der Waals surface area contributed by atoms with Crippen molar-refractivity contribution < 1.29 is 23.9 Å². The molecule has 0 aromatic heterocycles. The van der Waals surface area contributed by atoms with Crippen molar-refractivity contribution in [2.75, 3.05) is 14.2 Å². The molecule has 0 bridgehead atoms. The summed E-state index contributed by atoms with van der Waals surface area (Å²) in [5.41, 5.74) is 0. The first-order chi connectivity index (χ1) is 8.63. The highest BCUT2D eigenvalue weighted by Gasteiger charge is 2.31. The Morgan fingerprint density at radius 3 is 1.89 bits per heavy atom. The van der Waals surface area contributed by atoms with E-state index in [0.29, 0.717) is 10.5 Å². The molecule has 5 nitrogen and oxygen atoms in total. The van der Waals surface area contributed by atoms with E-state index < -0.39 is 11.9 Å². The first-order valence-electron chi connectivity index (χ1n) is 4.72. The second kappa shape index (κ2) is 7.07. The van der Waals surface area contributed by atoms with E-state index in [4.69, 9.17) is 0 Å². The van der Waals surface area contributed by atoms with Gasteiger partial charge in [-0.2, -0.15) is 0 Å². The molecule has 0 radical (unpaired) electrons. The predicted octanol–water partition coefficient (Wildman–Crippen LogP) is 1.62. The summed E-state index contributed by atoms with van der Waals surface area (Å²) in [6.07, 6.45) is 5.10. The summed E-state index contributed by atoms with van der Waals surface area (Å²) in [6, 6.07) is 0. The van der Waals surface area contributed by atoms with Crippen LogP contribution in [0.15, 0.2) is 32.3 Å². The zero-order valence-corrected chi connectivity index (χ0v) is 11.3. The van der Waals surface area contributed by atoms with Gasteiger partial charge in [-0.15, -0.1) is 0 Å². The molecule has 0 atom stereocenters. The highest BCUT2D eigenvalue weighted by molar-refractivity contribution is 8.29. The van der Waals surface area contributed by atoms with Gasteiger partial charge in [0.1, 0.15) is 16.1 Å². The van der Waals surface area contributed by atoms with Gasteiger partial charge in [-0.3, -0.25) is 4.79 Å². The number of methoxy groups -OCH3 is 2. The lowest BCUT2D eigenvalue weighted by molar-refractivity contribution is -0.138. The lowest BCUT2D eigenvalue weighted by Crippen LogP contribution is -2.08.